The molecule has 9 heteroatoms. The molecular formula is C15H18F2N2O5. The van der Waals surface area contributed by atoms with Crippen molar-refractivity contribution in [3.05, 3.63) is 23.8 Å². The standard InChI is InChI=1S/C15H18F2N2O5/c1-22-14(21)8-2-4-10(12(6-8)24-15(16)17)19-13(20)11-5-3-9(7-18)23-11/h2,4,6,9,11,15H,3,5,7,18H2,1H3,(H,19,20)/t9-,11+/m1/s1. The number of benzene rings is 1. The van der Waals surface area contributed by atoms with E-state index in [2.05, 4.69) is 14.8 Å². The van der Waals surface area contributed by atoms with Gasteiger partial charge in [0.15, 0.2) is 0 Å². The average Bonchev–Trinajstić information content (AvgIpc) is 3.04. The molecule has 1 aliphatic rings. The predicted octanol–water partition coefficient (Wildman–Crippen LogP) is 1.52. The number of rotatable bonds is 6. The summed E-state index contributed by atoms with van der Waals surface area (Å²) in [5.74, 6) is -1.54. The normalized spacial score (nSPS) is 20.0. The predicted molar refractivity (Wildman–Crippen MR) is 80.0 cm³/mol. The first-order valence-corrected chi connectivity index (χ1v) is 7.28. The summed E-state index contributed by atoms with van der Waals surface area (Å²) in [4.78, 5) is 23.7. The van der Waals surface area contributed by atoms with Gasteiger partial charge in [-0.1, -0.05) is 0 Å². The van der Waals surface area contributed by atoms with E-state index in [1.165, 1.54) is 12.1 Å². The molecule has 1 heterocycles. The molecule has 1 aliphatic heterocycles. The van der Waals surface area contributed by atoms with Gasteiger partial charge in [0.1, 0.15) is 11.9 Å². The Labute approximate surface area is 137 Å². The van der Waals surface area contributed by atoms with Crippen LogP contribution in [0, 0.1) is 0 Å². The van der Waals surface area contributed by atoms with Gasteiger partial charge in [-0.05, 0) is 31.0 Å². The van der Waals surface area contributed by atoms with E-state index in [0.717, 1.165) is 13.2 Å². The maximum atomic E-state index is 12.6. The highest BCUT2D eigenvalue weighted by atomic mass is 19.3. The van der Waals surface area contributed by atoms with Crippen molar-refractivity contribution in [1.29, 1.82) is 0 Å². The first kappa shape index (κ1) is 18.1. The van der Waals surface area contributed by atoms with Crippen molar-refractivity contribution >= 4 is 17.6 Å². The fraction of sp³-hybridized carbons (Fsp3) is 0.467. The summed E-state index contributed by atoms with van der Waals surface area (Å²) in [5.41, 5.74) is 5.51. The van der Waals surface area contributed by atoms with Crippen molar-refractivity contribution in [2.45, 2.75) is 31.7 Å². The molecule has 0 bridgehead atoms. The quantitative estimate of drug-likeness (QED) is 0.759. The summed E-state index contributed by atoms with van der Waals surface area (Å²) in [5, 5.41) is 2.47. The van der Waals surface area contributed by atoms with Crippen LogP contribution < -0.4 is 15.8 Å². The molecule has 0 saturated carbocycles. The molecule has 2 atom stereocenters. The Bertz CT molecular complexity index is 612. The molecule has 1 aromatic rings. The van der Waals surface area contributed by atoms with Crippen LogP contribution in [0.2, 0.25) is 0 Å². The van der Waals surface area contributed by atoms with Crippen LogP contribution in [-0.4, -0.2) is 44.4 Å². The molecule has 1 amide bonds. The molecule has 1 fully saturated rings. The number of carbonyl (C=O) groups is 2. The van der Waals surface area contributed by atoms with E-state index in [0.29, 0.717) is 19.4 Å². The van der Waals surface area contributed by atoms with Gasteiger partial charge in [-0.2, -0.15) is 8.78 Å². The Morgan fingerprint density at radius 3 is 2.75 bits per heavy atom. The van der Waals surface area contributed by atoms with Crippen LogP contribution in [0.25, 0.3) is 0 Å². The fourth-order valence-electron chi connectivity index (χ4n) is 2.35. The third-order valence-electron chi connectivity index (χ3n) is 3.54. The molecule has 0 radical (unpaired) electrons. The van der Waals surface area contributed by atoms with Crippen molar-refractivity contribution in [2.75, 3.05) is 19.0 Å². The summed E-state index contributed by atoms with van der Waals surface area (Å²) in [6, 6.07) is 3.70. The number of nitrogens with one attached hydrogen (secondary N) is 1. The van der Waals surface area contributed by atoms with Crippen LogP contribution in [0.5, 0.6) is 5.75 Å². The molecule has 1 aromatic carbocycles. The van der Waals surface area contributed by atoms with Gasteiger partial charge in [-0.25, -0.2) is 4.79 Å². The number of ether oxygens (including phenoxy) is 3. The lowest BCUT2D eigenvalue weighted by molar-refractivity contribution is -0.126. The smallest absolute Gasteiger partial charge is 0.387 e. The minimum absolute atomic E-state index is 0.00718. The van der Waals surface area contributed by atoms with Gasteiger partial charge in [0.05, 0.1) is 24.5 Å². The molecule has 1 saturated heterocycles. The average molecular weight is 344 g/mol. The summed E-state index contributed by atoms with van der Waals surface area (Å²) in [7, 11) is 1.16. The summed E-state index contributed by atoms with van der Waals surface area (Å²) < 4.78 is 39.5. The van der Waals surface area contributed by atoms with E-state index in [9.17, 15) is 18.4 Å². The number of hydrogen-bond acceptors (Lipinski definition) is 6. The van der Waals surface area contributed by atoms with Crippen molar-refractivity contribution in [2.24, 2.45) is 5.73 Å². The van der Waals surface area contributed by atoms with Crippen LogP contribution >= 0.6 is 0 Å². The van der Waals surface area contributed by atoms with E-state index in [4.69, 9.17) is 10.5 Å². The number of amides is 1. The summed E-state index contributed by atoms with van der Waals surface area (Å²) >= 11 is 0. The third kappa shape index (κ3) is 4.39. The number of methoxy groups -OCH3 is 1. The number of esters is 1. The molecule has 2 rings (SSSR count). The first-order valence-electron chi connectivity index (χ1n) is 7.28. The number of anilines is 1. The van der Waals surface area contributed by atoms with Crippen LogP contribution in [-0.2, 0) is 14.3 Å². The highest BCUT2D eigenvalue weighted by Crippen LogP contribution is 2.29. The van der Waals surface area contributed by atoms with E-state index in [1.54, 1.807) is 0 Å². The van der Waals surface area contributed by atoms with E-state index < -0.39 is 24.6 Å². The highest BCUT2D eigenvalue weighted by molar-refractivity contribution is 5.97. The summed E-state index contributed by atoms with van der Waals surface area (Å²) in [6.45, 7) is -2.81. The lowest BCUT2D eigenvalue weighted by Gasteiger charge is -2.16. The van der Waals surface area contributed by atoms with Crippen LogP contribution in [0.15, 0.2) is 18.2 Å². The maximum absolute atomic E-state index is 12.6. The van der Waals surface area contributed by atoms with Gasteiger partial charge in [0, 0.05) is 6.54 Å². The largest absolute Gasteiger partial charge is 0.465 e. The minimum Gasteiger partial charge on any atom is -0.465 e. The van der Waals surface area contributed by atoms with Gasteiger partial charge < -0.3 is 25.3 Å². The molecule has 0 aromatic heterocycles. The van der Waals surface area contributed by atoms with Crippen molar-refractivity contribution in [3.63, 3.8) is 0 Å². The van der Waals surface area contributed by atoms with E-state index in [1.807, 2.05) is 0 Å². The zero-order chi connectivity index (χ0) is 17.7. The highest BCUT2D eigenvalue weighted by Gasteiger charge is 2.30. The van der Waals surface area contributed by atoms with Gasteiger partial charge in [-0.15, -0.1) is 0 Å². The second kappa shape index (κ2) is 8.02. The topological polar surface area (TPSA) is 99.9 Å². The lowest BCUT2D eigenvalue weighted by Crippen LogP contribution is -2.30. The van der Waals surface area contributed by atoms with Crippen LogP contribution in [0.1, 0.15) is 23.2 Å². The summed E-state index contributed by atoms with van der Waals surface area (Å²) in [6.07, 6.45) is 0.229. The fourth-order valence-corrected chi connectivity index (χ4v) is 2.35. The van der Waals surface area contributed by atoms with Crippen LogP contribution in [0.3, 0.4) is 0 Å². The zero-order valence-corrected chi connectivity index (χ0v) is 13.0. The molecule has 0 aliphatic carbocycles. The molecule has 24 heavy (non-hydrogen) atoms. The second-order valence-corrected chi connectivity index (χ2v) is 5.13. The van der Waals surface area contributed by atoms with Crippen LogP contribution in [0.4, 0.5) is 14.5 Å². The first-order chi connectivity index (χ1) is 11.4. The monoisotopic (exact) mass is 344 g/mol. The number of carbonyl (C=O) groups excluding carboxylic acids is 2. The molecule has 3 N–H and O–H groups in total. The van der Waals surface area contributed by atoms with Crippen molar-refractivity contribution in [1.82, 2.24) is 0 Å². The third-order valence-corrected chi connectivity index (χ3v) is 3.54. The van der Waals surface area contributed by atoms with Gasteiger partial charge >= 0.3 is 12.6 Å². The Kier molecular flexibility index (Phi) is 6.04. The molecule has 132 valence electrons. The second-order valence-electron chi connectivity index (χ2n) is 5.13. The maximum Gasteiger partial charge on any atom is 0.387 e. The Morgan fingerprint density at radius 1 is 1.42 bits per heavy atom. The number of halogens is 2. The SMILES string of the molecule is COC(=O)c1ccc(NC(=O)[C@@H]2CC[C@H](CN)O2)c(OC(F)F)c1. The number of alkyl halides is 2. The number of nitrogens with two attached hydrogens (primary N) is 1. The molecule has 0 spiro atoms. The van der Waals surface area contributed by atoms with E-state index >= 15 is 0 Å². The minimum atomic E-state index is -3.11. The Morgan fingerprint density at radius 2 is 2.17 bits per heavy atom. The van der Waals surface area contributed by atoms with E-state index in [-0.39, 0.29) is 23.1 Å². The Hall–Kier alpha value is -2.26. The van der Waals surface area contributed by atoms with Gasteiger partial charge in [0.2, 0.25) is 0 Å². The number of hydrogen-bond donors (Lipinski definition) is 2. The van der Waals surface area contributed by atoms with Crippen molar-refractivity contribution < 1.29 is 32.6 Å². The zero-order valence-electron chi connectivity index (χ0n) is 13.0. The Balaban J connectivity index is 2.16. The molecular weight excluding hydrogens is 326 g/mol. The van der Waals surface area contributed by atoms with Gasteiger partial charge in [-0.3, -0.25) is 4.79 Å². The molecule has 7 nitrogen and oxygen atoms in total. The van der Waals surface area contributed by atoms with Gasteiger partial charge in [0.25, 0.3) is 5.91 Å². The van der Waals surface area contributed by atoms with Crippen molar-refractivity contribution in [3.8, 4) is 5.75 Å². The lowest BCUT2D eigenvalue weighted by atomic mass is 10.1. The molecule has 0 unspecified atom stereocenters.